The van der Waals surface area contributed by atoms with Crippen LogP contribution in [0.15, 0.2) is 16.9 Å². The maximum atomic E-state index is 11.8. The minimum absolute atomic E-state index is 0.0734. The fraction of sp³-hybridized carbons (Fsp3) is 0.357. The Balaban J connectivity index is 2.34. The van der Waals surface area contributed by atoms with Gasteiger partial charge in [-0.25, -0.2) is 9.78 Å². The lowest BCUT2D eigenvalue weighted by atomic mass is 10.2. The fourth-order valence-electron chi connectivity index (χ4n) is 2.03. The number of halogens is 1. The third-order valence-electron chi connectivity index (χ3n) is 3.11. The lowest BCUT2D eigenvalue weighted by Gasteiger charge is -2.15. The third-order valence-corrected chi connectivity index (χ3v) is 3.40. The van der Waals surface area contributed by atoms with Gasteiger partial charge in [-0.2, -0.15) is 0 Å². The molecule has 2 heterocycles. The predicted octanol–water partition coefficient (Wildman–Crippen LogP) is 1.63. The summed E-state index contributed by atoms with van der Waals surface area (Å²) in [6.45, 7) is 1.94. The number of hydrogen-bond donors (Lipinski definition) is 1. The Bertz CT molecular complexity index is 773. The zero-order valence-corrected chi connectivity index (χ0v) is 13.2. The van der Waals surface area contributed by atoms with Gasteiger partial charge in [0.25, 0.3) is 5.56 Å². The van der Waals surface area contributed by atoms with Crippen LogP contribution in [0.1, 0.15) is 5.69 Å². The summed E-state index contributed by atoms with van der Waals surface area (Å²) in [5.41, 5.74) is 0.934. The Kier molecular flexibility index (Phi) is 4.87. The van der Waals surface area contributed by atoms with E-state index in [1.54, 1.807) is 20.0 Å². The number of ether oxygens (including phenoxy) is 2. The highest BCUT2D eigenvalue weighted by molar-refractivity contribution is 6.34. The number of rotatable bonds is 4. The van der Waals surface area contributed by atoms with Crippen LogP contribution in [0.2, 0.25) is 5.15 Å². The zero-order valence-electron chi connectivity index (χ0n) is 12.5. The highest BCUT2D eigenvalue weighted by atomic mass is 35.5. The molecule has 22 heavy (non-hydrogen) atoms. The summed E-state index contributed by atoms with van der Waals surface area (Å²) in [5.74, 6) is 0.445. The first-order chi connectivity index (χ1) is 10.5. The van der Waals surface area contributed by atoms with Gasteiger partial charge in [0.2, 0.25) is 0 Å². The summed E-state index contributed by atoms with van der Waals surface area (Å²) in [4.78, 5) is 27.0. The zero-order chi connectivity index (χ0) is 16.3. The Morgan fingerprint density at radius 2 is 2.14 bits per heavy atom. The van der Waals surface area contributed by atoms with Crippen molar-refractivity contribution < 1.29 is 14.3 Å². The lowest BCUT2D eigenvalue weighted by Crippen LogP contribution is -2.22. The largest absolute Gasteiger partial charge is 0.486 e. The Morgan fingerprint density at radius 3 is 2.82 bits per heavy atom. The molecule has 1 amide bonds. The van der Waals surface area contributed by atoms with Crippen molar-refractivity contribution >= 4 is 28.6 Å². The SMILES string of the molecule is CNC(=O)OCCOc1c(C)nc(Cl)c2ccc(=O)n(C)c12. The molecule has 0 saturated heterocycles. The van der Waals surface area contributed by atoms with Crippen molar-refractivity contribution in [2.24, 2.45) is 7.05 Å². The minimum atomic E-state index is -0.535. The maximum absolute atomic E-state index is 11.8. The summed E-state index contributed by atoms with van der Waals surface area (Å²) in [6, 6.07) is 3.03. The normalized spacial score (nSPS) is 10.5. The molecule has 0 spiro atoms. The van der Waals surface area contributed by atoms with Crippen molar-refractivity contribution in [2.45, 2.75) is 6.92 Å². The second-order valence-corrected chi connectivity index (χ2v) is 4.90. The molecule has 2 rings (SSSR count). The second kappa shape index (κ2) is 6.65. The third kappa shape index (κ3) is 3.14. The Labute approximate surface area is 131 Å². The molecule has 0 atom stereocenters. The van der Waals surface area contributed by atoms with E-state index in [-0.39, 0.29) is 18.8 Å². The molecule has 1 N–H and O–H groups in total. The van der Waals surface area contributed by atoms with Crippen LogP contribution in [0.3, 0.4) is 0 Å². The number of pyridine rings is 2. The number of alkyl carbamates (subject to hydrolysis) is 1. The molecular formula is C14H16ClN3O4. The van der Waals surface area contributed by atoms with Crippen LogP contribution in [0.5, 0.6) is 5.75 Å². The summed E-state index contributed by atoms with van der Waals surface area (Å²) in [7, 11) is 3.11. The van der Waals surface area contributed by atoms with Crippen molar-refractivity contribution in [3.8, 4) is 5.75 Å². The van der Waals surface area contributed by atoms with E-state index in [1.165, 1.54) is 17.7 Å². The standard InChI is InChI=1S/C14H16ClN3O4/c1-8-12(21-6-7-22-14(20)16-2)11-9(13(15)17-8)4-5-10(19)18(11)3/h4-5H,6-7H2,1-3H3,(H,16,20). The molecule has 8 heteroatoms. The molecule has 2 aromatic rings. The quantitative estimate of drug-likeness (QED) is 0.682. The van der Waals surface area contributed by atoms with Gasteiger partial charge in [0.05, 0.1) is 11.2 Å². The molecule has 0 aliphatic carbocycles. The number of aromatic nitrogens is 2. The van der Waals surface area contributed by atoms with Crippen LogP contribution < -0.4 is 15.6 Å². The summed E-state index contributed by atoms with van der Waals surface area (Å²) < 4.78 is 12.0. The molecule has 2 aromatic heterocycles. The first kappa shape index (κ1) is 16.1. The van der Waals surface area contributed by atoms with Crippen LogP contribution in [0, 0.1) is 6.92 Å². The van der Waals surface area contributed by atoms with Gasteiger partial charge >= 0.3 is 6.09 Å². The lowest BCUT2D eigenvalue weighted by molar-refractivity contribution is 0.127. The second-order valence-electron chi connectivity index (χ2n) is 4.54. The van der Waals surface area contributed by atoms with Crippen molar-refractivity contribution in [1.82, 2.24) is 14.9 Å². The molecule has 0 bridgehead atoms. The van der Waals surface area contributed by atoms with Crippen molar-refractivity contribution in [3.05, 3.63) is 33.3 Å². The van der Waals surface area contributed by atoms with E-state index in [0.29, 0.717) is 27.5 Å². The van der Waals surface area contributed by atoms with E-state index in [9.17, 15) is 9.59 Å². The summed E-state index contributed by atoms with van der Waals surface area (Å²) in [5, 5.41) is 3.26. The number of fused-ring (bicyclic) bond motifs is 1. The average Bonchev–Trinajstić information content (AvgIpc) is 2.49. The number of nitrogens with zero attached hydrogens (tertiary/aromatic N) is 2. The molecule has 0 aromatic carbocycles. The van der Waals surface area contributed by atoms with Crippen molar-refractivity contribution in [3.63, 3.8) is 0 Å². The molecule has 118 valence electrons. The van der Waals surface area contributed by atoms with Crippen LogP contribution >= 0.6 is 11.6 Å². The Morgan fingerprint density at radius 1 is 1.41 bits per heavy atom. The molecule has 0 fully saturated rings. The van der Waals surface area contributed by atoms with Gasteiger partial charge in [-0.05, 0) is 13.0 Å². The van der Waals surface area contributed by atoms with Gasteiger partial charge in [0.1, 0.15) is 18.4 Å². The van der Waals surface area contributed by atoms with Gasteiger partial charge < -0.3 is 19.4 Å². The molecule has 0 radical (unpaired) electrons. The van der Waals surface area contributed by atoms with Gasteiger partial charge in [-0.3, -0.25) is 4.79 Å². The topological polar surface area (TPSA) is 82.5 Å². The Hall–Kier alpha value is -2.28. The van der Waals surface area contributed by atoms with Gasteiger partial charge in [-0.15, -0.1) is 0 Å². The number of hydrogen-bond acceptors (Lipinski definition) is 5. The monoisotopic (exact) mass is 325 g/mol. The average molecular weight is 326 g/mol. The van der Waals surface area contributed by atoms with Gasteiger partial charge in [0.15, 0.2) is 5.75 Å². The van der Waals surface area contributed by atoms with Crippen molar-refractivity contribution in [2.75, 3.05) is 20.3 Å². The van der Waals surface area contributed by atoms with E-state index >= 15 is 0 Å². The van der Waals surface area contributed by atoms with Crippen molar-refractivity contribution in [1.29, 1.82) is 0 Å². The number of amides is 1. The van der Waals surface area contributed by atoms with E-state index in [2.05, 4.69) is 10.3 Å². The van der Waals surface area contributed by atoms with E-state index in [4.69, 9.17) is 21.1 Å². The maximum Gasteiger partial charge on any atom is 0.406 e. The highest BCUT2D eigenvalue weighted by Crippen LogP contribution is 2.31. The first-order valence-electron chi connectivity index (χ1n) is 6.59. The van der Waals surface area contributed by atoms with E-state index in [0.717, 1.165) is 0 Å². The highest BCUT2D eigenvalue weighted by Gasteiger charge is 2.15. The number of carbonyl (C=O) groups excluding carboxylic acids is 1. The van der Waals surface area contributed by atoms with E-state index in [1.807, 2.05) is 0 Å². The van der Waals surface area contributed by atoms with Crippen LogP contribution in [-0.4, -0.2) is 35.9 Å². The summed E-state index contributed by atoms with van der Waals surface area (Å²) in [6.07, 6.45) is -0.535. The number of carbonyl (C=O) groups is 1. The molecule has 0 unspecified atom stereocenters. The first-order valence-corrected chi connectivity index (χ1v) is 6.96. The molecule has 7 nitrogen and oxygen atoms in total. The fourth-order valence-corrected chi connectivity index (χ4v) is 2.31. The molecule has 0 aliphatic heterocycles. The van der Waals surface area contributed by atoms with Crippen LogP contribution in [-0.2, 0) is 11.8 Å². The molecule has 0 aliphatic rings. The molecule has 0 saturated carbocycles. The van der Waals surface area contributed by atoms with Crippen LogP contribution in [0.25, 0.3) is 10.9 Å². The summed E-state index contributed by atoms with van der Waals surface area (Å²) >= 11 is 6.12. The number of aryl methyl sites for hydroxylation is 2. The van der Waals surface area contributed by atoms with Crippen LogP contribution in [0.4, 0.5) is 4.79 Å². The predicted molar refractivity (Wildman–Crippen MR) is 82.6 cm³/mol. The number of nitrogens with one attached hydrogen (secondary N) is 1. The van der Waals surface area contributed by atoms with E-state index < -0.39 is 6.09 Å². The smallest absolute Gasteiger partial charge is 0.406 e. The molecular weight excluding hydrogens is 310 g/mol. The van der Waals surface area contributed by atoms with Gasteiger partial charge in [0, 0.05) is 25.5 Å². The van der Waals surface area contributed by atoms with Gasteiger partial charge in [-0.1, -0.05) is 11.6 Å². The minimum Gasteiger partial charge on any atom is -0.486 e.